The van der Waals surface area contributed by atoms with E-state index < -0.39 is 10.0 Å². The zero-order valence-electron chi connectivity index (χ0n) is 17.2. The van der Waals surface area contributed by atoms with Gasteiger partial charge in [-0.05, 0) is 79.1 Å². The first-order chi connectivity index (χ1) is 14.7. The van der Waals surface area contributed by atoms with Gasteiger partial charge < -0.3 is 10.1 Å². The summed E-state index contributed by atoms with van der Waals surface area (Å²) in [5.74, 6) is -0.326. The summed E-state index contributed by atoms with van der Waals surface area (Å²) in [5, 5.41) is 2.67. The van der Waals surface area contributed by atoms with Crippen LogP contribution in [0.1, 0.15) is 16.7 Å². The largest absolute Gasteiger partial charge is 0.484 e. The molecule has 0 saturated heterocycles. The van der Waals surface area contributed by atoms with Crippen molar-refractivity contribution < 1.29 is 22.3 Å². The van der Waals surface area contributed by atoms with Crippen molar-refractivity contribution in [3.05, 3.63) is 89.2 Å². The van der Waals surface area contributed by atoms with Crippen molar-refractivity contribution in [1.82, 2.24) is 5.32 Å². The van der Waals surface area contributed by atoms with Crippen LogP contribution in [0.2, 0.25) is 0 Å². The van der Waals surface area contributed by atoms with Crippen molar-refractivity contribution in [2.75, 3.05) is 11.3 Å². The molecule has 8 heteroatoms. The summed E-state index contributed by atoms with van der Waals surface area (Å²) >= 11 is 0. The minimum absolute atomic E-state index is 0.0831. The molecule has 0 fully saturated rings. The number of sulfonamides is 1. The second kappa shape index (κ2) is 9.61. The first-order valence-electron chi connectivity index (χ1n) is 9.56. The van der Waals surface area contributed by atoms with Crippen molar-refractivity contribution in [3.8, 4) is 5.75 Å². The Labute approximate surface area is 181 Å². The molecule has 2 N–H and O–H groups in total. The van der Waals surface area contributed by atoms with Crippen molar-refractivity contribution >= 4 is 21.6 Å². The number of hydrogen-bond donors (Lipinski definition) is 2. The molecule has 0 aliphatic heterocycles. The molecule has 3 aromatic rings. The third-order valence-corrected chi connectivity index (χ3v) is 5.78. The highest BCUT2D eigenvalue weighted by Crippen LogP contribution is 2.21. The van der Waals surface area contributed by atoms with Crippen LogP contribution in [0, 0.1) is 19.7 Å². The summed E-state index contributed by atoms with van der Waals surface area (Å²) in [7, 11) is -3.75. The normalized spacial score (nSPS) is 11.1. The number of rotatable bonds is 8. The molecule has 0 aliphatic carbocycles. The highest BCUT2D eigenvalue weighted by molar-refractivity contribution is 7.92. The highest BCUT2D eigenvalue weighted by Gasteiger charge is 2.15. The molecule has 0 unspecified atom stereocenters. The van der Waals surface area contributed by atoms with Gasteiger partial charge >= 0.3 is 0 Å². The van der Waals surface area contributed by atoms with E-state index in [2.05, 4.69) is 10.0 Å². The molecule has 0 radical (unpaired) electrons. The molecular weight excluding hydrogens is 419 g/mol. The van der Waals surface area contributed by atoms with E-state index in [1.165, 1.54) is 36.4 Å². The zero-order chi connectivity index (χ0) is 22.4. The van der Waals surface area contributed by atoms with E-state index in [0.717, 1.165) is 16.7 Å². The molecule has 0 bridgehead atoms. The number of anilines is 1. The lowest BCUT2D eigenvalue weighted by Crippen LogP contribution is -2.28. The van der Waals surface area contributed by atoms with Crippen molar-refractivity contribution in [3.63, 3.8) is 0 Å². The fourth-order valence-electron chi connectivity index (χ4n) is 2.97. The molecule has 0 atom stereocenters. The van der Waals surface area contributed by atoms with Gasteiger partial charge in [-0.15, -0.1) is 0 Å². The Balaban J connectivity index is 1.54. The van der Waals surface area contributed by atoms with Crippen LogP contribution >= 0.6 is 0 Å². The molecule has 0 aliphatic rings. The number of halogens is 1. The summed E-state index contributed by atoms with van der Waals surface area (Å²) in [6.07, 6.45) is 0. The fraction of sp³-hybridized carbons (Fsp3) is 0.174. The Morgan fingerprint density at radius 3 is 2.16 bits per heavy atom. The molecule has 162 valence electrons. The first-order valence-corrected chi connectivity index (χ1v) is 11.0. The van der Waals surface area contributed by atoms with Gasteiger partial charge in [0.2, 0.25) is 0 Å². The van der Waals surface area contributed by atoms with Crippen LogP contribution in [0.5, 0.6) is 5.75 Å². The van der Waals surface area contributed by atoms with Gasteiger partial charge in [-0.1, -0.05) is 18.2 Å². The zero-order valence-corrected chi connectivity index (χ0v) is 18.0. The maximum absolute atomic E-state index is 12.9. The van der Waals surface area contributed by atoms with E-state index in [-0.39, 0.29) is 29.8 Å². The monoisotopic (exact) mass is 442 g/mol. The Morgan fingerprint density at radius 2 is 1.55 bits per heavy atom. The molecular formula is C23H23FN2O4S. The lowest BCUT2D eigenvalue weighted by atomic mass is 10.1. The number of hydrogen-bond acceptors (Lipinski definition) is 4. The Bertz CT molecular complexity index is 1140. The summed E-state index contributed by atoms with van der Waals surface area (Å²) in [6, 6.07) is 17.1. The number of nitrogens with one attached hydrogen (secondary N) is 2. The van der Waals surface area contributed by atoms with E-state index >= 15 is 0 Å². The number of amides is 1. The summed E-state index contributed by atoms with van der Waals surface area (Å²) in [4.78, 5) is 12.0. The summed E-state index contributed by atoms with van der Waals surface area (Å²) in [6.45, 7) is 3.82. The summed E-state index contributed by atoms with van der Waals surface area (Å²) in [5.41, 5.74) is 3.18. The topological polar surface area (TPSA) is 84.5 Å². The van der Waals surface area contributed by atoms with E-state index in [1.807, 2.05) is 19.9 Å². The first kappa shape index (κ1) is 22.3. The second-order valence-electron chi connectivity index (χ2n) is 7.15. The SMILES string of the molecule is Cc1cc(C)cc(NS(=O)(=O)c2ccc(OCC(=O)NCc3ccc(F)cc3)cc2)c1. The maximum Gasteiger partial charge on any atom is 0.261 e. The summed E-state index contributed by atoms with van der Waals surface area (Å²) < 4.78 is 46.1. The van der Waals surface area contributed by atoms with Crippen molar-refractivity contribution in [2.45, 2.75) is 25.3 Å². The lowest BCUT2D eigenvalue weighted by molar-refractivity contribution is -0.123. The molecule has 0 spiro atoms. The van der Waals surface area contributed by atoms with Crippen LogP contribution in [-0.2, 0) is 21.4 Å². The van der Waals surface area contributed by atoms with Gasteiger partial charge in [0.25, 0.3) is 15.9 Å². The predicted molar refractivity (Wildman–Crippen MR) is 117 cm³/mol. The molecule has 0 saturated carbocycles. The van der Waals surface area contributed by atoms with Crippen molar-refractivity contribution in [2.24, 2.45) is 0 Å². The van der Waals surface area contributed by atoms with Gasteiger partial charge in [-0.2, -0.15) is 0 Å². The van der Waals surface area contributed by atoms with E-state index in [1.54, 1.807) is 24.3 Å². The van der Waals surface area contributed by atoms with E-state index in [0.29, 0.717) is 11.4 Å². The third-order valence-electron chi connectivity index (χ3n) is 4.38. The number of carbonyl (C=O) groups excluding carboxylic acids is 1. The standard InChI is InChI=1S/C23H23FN2O4S/c1-16-11-17(2)13-20(12-16)26-31(28,29)22-9-7-21(8-10-22)30-15-23(27)25-14-18-3-5-19(24)6-4-18/h3-13,26H,14-15H2,1-2H3,(H,25,27). The predicted octanol–water partition coefficient (Wildman–Crippen LogP) is 3.94. The van der Waals surface area contributed by atoms with Gasteiger partial charge in [0.15, 0.2) is 6.61 Å². The van der Waals surface area contributed by atoms with Gasteiger partial charge in [0.1, 0.15) is 11.6 Å². The van der Waals surface area contributed by atoms with Crippen molar-refractivity contribution in [1.29, 1.82) is 0 Å². The van der Waals surface area contributed by atoms with Crippen LogP contribution in [0.4, 0.5) is 10.1 Å². The molecule has 31 heavy (non-hydrogen) atoms. The quantitative estimate of drug-likeness (QED) is 0.554. The van der Waals surface area contributed by atoms with Crippen LogP contribution in [0.25, 0.3) is 0 Å². The third kappa shape index (κ3) is 6.55. The minimum atomic E-state index is -3.75. The van der Waals surface area contributed by atoms with Gasteiger partial charge in [-0.3, -0.25) is 9.52 Å². The average molecular weight is 443 g/mol. The fourth-order valence-corrected chi connectivity index (χ4v) is 4.01. The molecule has 3 rings (SSSR count). The van der Waals surface area contributed by atoms with Crippen LogP contribution in [0.3, 0.4) is 0 Å². The maximum atomic E-state index is 12.9. The van der Waals surface area contributed by atoms with Gasteiger partial charge in [0.05, 0.1) is 4.90 Å². The second-order valence-corrected chi connectivity index (χ2v) is 8.83. The van der Waals surface area contributed by atoms with E-state index in [9.17, 15) is 17.6 Å². The molecule has 0 heterocycles. The van der Waals surface area contributed by atoms with Crippen LogP contribution in [-0.4, -0.2) is 20.9 Å². The Morgan fingerprint density at radius 1 is 0.935 bits per heavy atom. The number of carbonyl (C=O) groups is 1. The molecule has 6 nitrogen and oxygen atoms in total. The van der Waals surface area contributed by atoms with Crippen LogP contribution < -0.4 is 14.8 Å². The number of ether oxygens (including phenoxy) is 1. The highest BCUT2D eigenvalue weighted by atomic mass is 32.2. The number of aryl methyl sites for hydroxylation is 2. The average Bonchev–Trinajstić information content (AvgIpc) is 2.71. The lowest BCUT2D eigenvalue weighted by Gasteiger charge is -2.11. The smallest absolute Gasteiger partial charge is 0.261 e. The van der Waals surface area contributed by atoms with Gasteiger partial charge in [0, 0.05) is 12.2 Å². The Hall–Kier alpha value is -3.39. The Kier molecular flexibility index (Phi) is 6.91. The molecule has 0 aromatic heterocycles. The number of benzene rings is 3. The molecule has 3 aromatic carbocycles. The molecule has 1 amide bonds. The minimum Gasteiger partial charge on any atom is -0.484 e. The van der Waals surface area contributed by atoms with E-state index in [4.69, 9.17) is 4.74 Å². The van der Waals surface area contributed by atoms with Crippen LogP contribution in [0.15, 0.2) is 71.6 Å². The van der Waals surface area contributed by atoms with Gasteiger partial charge in [-0.25, -0.2) is 12.8 Å².